The number of hydrogen-bond donors (Lipinski definition) is 1. The molecule has 0 saturated carbocycles. The third kappa shape index (κ3) is 5.28. The molecule has 0 spiro atoms. The molecule has 190 valence electrons. The third-order valence-corrected chi connectivity index (χ3v) is 9.28. The van der Waals surface area contributed by atoms with E-state index in [9.17, 15) is 18.0 Å². The van der Waals surface area contributed by atoms with E-state index in [0.717, 1.165) is 42.7 Å². The Kier molecular flexibility index (Phi) is 7.32. The van der Waals surface area contributed by atoms with Crippen molar-refractivity contribution < 1.29 is 18.0 Å². The van der Waals surface area contributed by atoms with E-state index in [0.29, 0.717) is 24.2 Å². The quantitative estimate of drug-likeness (QED) is 0.655. The summed E-state index contributed by atoms with van der Waals surface area (Å²) in [5, 5.41) is 7.40. The van der Waals surface area contributed by atoms with Gasteiger partial charge in [0, 0.05) is 37.8 Å². The summed E-state index contributed by atoms with van der Waals surface area (Å²) < 4.78 is 30.0. The molecule has 1 N–H and O–H groups in total. The van der Waals surface area contributed by atoms with Crippen LogP contribution in [0.4, 0.5) is 5.69 Å². The summed E-state index contributed by atoms with van der Waals surface area (Å²) in [4.78, 5) is 27.4. The van der Waals surface area contributed by atoms with Crippen molar-refractivity contribution in [2.24, 2.45) is 5.92 Å². The second-order valence-corrected chi connectivity index (χ2v) is 11.6. The van der Waals surface area contributed by atoms with Gasteiger partial charge >= 0.3 is 0 Å². The molecule has 0 radical (unpaired) electrons. The molecule has 0 aliphatic carbocycles. The van der Waals surface area contributed by atoms with Crippen LogP contribution in [0.2, 0.25) is 0 Å². The monoisotopic (exact) mass is 501 g/mol. The highest BCUT2D eigenvalue weighted by Crippen LogP contribution is 2.29. The topological polar surface area (TPSA) is 105 Å². The first kappa shape index (κ1) is 25.4. The van der Waals surface area contributed by atoms with E-state index in [4.69, 9.17) is 0 Å². The number of benzene rings is 1. The lowest BCUT2D eigenvalue weighted by Crippen LogP contribution is -2.41. The van der Waals surface area contributed by atoms with Gasteiger partial charge in [0.15, 0.2) is 0 Å². The molecule has 2 aliphatic heterocycles. The van der Waals surface area contributed by atoms with Gasteiger partial charge in [0.25, 0.3) is 0 Å². The summed E-state index contributed by atoms with van der Waals surface area (Å²) in [5.41, 5.74) is 3.74. The van der Waals surface area contributed by atoms with Crippen molar-refractivity contribution in [1.82, 2.24) is 19.0 Å². The van der Waals surface area contributed by atoms with Crippen LogP contribution in [0.25, 0.3) is 0 Å². The maximum absolute atomic E-state index is 13.5. The zero-order chi connectivity index (χ0) is 25.3. The number of aryl methyl sites for hydroxylation is 3. The summed E-state index contributed by atoms with van der Waals surface area (Å²) in [6.45, 7) is 9.37. The smallest absolute Gasteiger partial charge is 0.246 e. The van der Waals surface area contributed by atoms with E-state index in [1.54, 1.807) is 18.7 Å². The van der Waals surface area contributed by atoms with Crippen LogP contribution in [-0.4, -0.2) is 65.4 Å². The van der Waals surface area contributed by atoms with Crippen molar-refractivity contribution >= 4 is 27.5 Å². The number of nitrogens with one attached hydrogen (secondary N) is 1. The Morgan fingerprint density at radius 2 is 1.69 bits per heavy atom. The number of likely N-dealkylation sites (tertiary alicyclic amines) is 1. The van der Waals surface area contributed by atoms with Gasteiger partial charge in [0.1, 0.15) is 11.4 Å². The van der Waals surface area contributed by atoms with Gasteiger partial charge in [0.05, 0.1) is 11.4 Å². The molecule has 0 bridgehead atoms. The first-order chi connectivity index (χ1) is 16.6. The Morgan fingerprint density at radius 1 is 1.03 bits per heavy atom. The van der Waals surface area contributed by atoms with Crippen molar-refractivity contribution in [1.29, 1.82) is 0 Å². The van der Waals surface area contributed by atoms with Gasteiger partial charge in [-0.25, -0.2) is 8.42 Å². The van der Waals surface area contributed by atoms with E-state index in [1.165, 1.54) is 8.99 Å². The predicted molar refractivity (Wildman–Crippen MR) is 134 cm³/mol. The van der Waals surface area contributed by atoms with Gasteiger partial charge in [-0.05, 0) is 70.6 Å². The number of anilines is 1. The number of hydrogen-bond acceptors (Lipinski definition) is 5. The highest BCUT2D eigenvalue weighted by Gasteiger charge is 2.36. The summed E-state index contributed by atoms with van der Waals surface area (Å²) >= 11 is 0. The van der Waals surface area contributed by atoms with Gasteiger partial charge in [0.2, 0.25) is 21.8 Å². The van der Waals surface area contributed by atoms with Crippen molar-refractivity contribution in [2.75, 3.05) is 31.5 Å². The summed E-state index contributed by atoms with van der Waals surface area (Å²) in [5.74, 6) is -0.353. The molecule has 2 aliphatic rings. The van der Waals surface area contributed by atoms with Crippen LogP contribution >= 0.6 is 0 Å². The highest BCUT2D eigenvalue weighted by molar-refractivity contribution is 7.89. The lowest BCUT2D eigenvalue weighted by atomic mass is 9.97. The minimum Gasteiger partial charge on any atom is -0.341 e. The molecule has 10 heteroatoms. The van der Waals surface area contributed by atoms with E-state index >= 15 is 0 Å². The molecule has 1 aromatic heterocycles. The number of carbonyl (C=O) groups is 2. The number of amides is 2. The lowest BCUT2D eigenvalue weighted by Gasteiger charge is -2.30. The van der Waals surface area contributed by atoms with E-state index in [1.807, 2.05) is 32.0 Å². The Labute approximate surface area is 207 Å². The molecule has 9 nitrogen and oxygen atoms in total. The molecule has 2 amide bonds. The van der Waals surface area contributed by atoms with Gasteiger partial charge < -0.3 is 10.2 Å². The molecule has 1 aromatic carbocycles. The fourth-order valence-electron chi connectivity index (χ4n) is 5.00. The molecule has 2 aromatic rings. The number of rotatable bonds is 6. The fraction of sp³-hybridized carbons (Fsp3) is 0.560. The lowest BCUT2D eigenvalue weighted by molar-refractivity contribution is -0.131. The summed E-state index contributed by atoms with van der Waals surface area (Å²) in [7, 11) is -3.78. The molecule has 2 fully saturated rings. The average molecular weight is 502 g/mol. The van der Waals surface area contributed by atoms with Crippen LogP contribution in [0.3, 0.4) is 0 Å². The number of sulfonamides is 1. The maximum Gasteiger partial charge on any atom is 0.246 e. The van der Waals surface area contributed by atoms with Crippen molar-refractivity contribution in [2.45, 2.75) is 64.8 Å². The minimum atomic E-state index is -3.78. The number of piperidine rings is 1. The van der Waals surface area contributed by atoms with Crippen LogP contribution in [0, 0.1) is 33.6 Å². The number of aromatic nitrogens is 2. The van der Waals surface area contributed by atoms with Gasteiger partial charge in [-0.2, -0.15) is 9.40 Å². The van der Waals surface area contributed by atoms with Crippen molar-refractivity contribution in [3.63, 3.8) is 0 Å². The standard InChI is InChI=1S/C25H35N5O4S/c1-17-7-8-18(2)22(15-17)26-25(32)21-9-13-29(14-10-21)35(33,34)24-19(3)27-30(20(24)4)16-23(31)28-11-5-6-12-28/h7-8,15,21H,5-6,9-14,16H2,1-4H3,(H,26,32). The maximum atomic E-state index is 13.5. The molecule has 3 heterocycles. The Hall–Kier alpha value is -2.72. The summed E-state index contributed by atoms with van der Waals surface area (Å²) in [6.07, 6.45) is 2.91. The van der Waals surface area contributed by atoms with Crippen molar-refractivity contribution in [3.8, 4) is 0 Å². The first-order valence-corrected chi connectivity index (χ1v) is 13.7. The average Bonchev–Trinajstić information content (AvgIpc) is 3.45. The molecule has 4 rings (SSSR count). The van der Waals surface area contributed by atoms with Gasteiger partial charge in [-0.1, -0.05) is 12.1 Å². The molecular formula is C25H35N5O4S. The second-order valence-electron chi connectivity index (χ2n) is 9.73. The molecule has 0 unspecified atom stereocenters. The molecule has 0 atom stereocenters. The first-order valence-electron chi connectivity index (χ1n) is 12.3. The highest BCUT2D eigenvalue weighted by atomic mass is 32.2. The zero-order valence-corrected chi connectivity index (χ0v) is 21.8. The van der Waals surface area contributed by atoms with Crippen molar-refractivity contribution in [3.05, 3.63) is 40.7 Å². The fourth-order valence-corrected chi connectivity index (χ4v) is 6.84. The zero-order valence-electron chi connectivity index (χ0n) is 21.0. The third-order valence-electron chi connectivity index (χ3n) is 7.13. The Balaban J connectivity index is 1.42. The van der Waals surface area contributed by atoms with E-state index in [-0.39, 0.29) is 42.3 Å². The van der Waals surface area contributed by atoms with Crippen LogP contribution in [0.15, 0.2) is 23.1 Å². The molecular weight excluding hydrogens is 466 g/mol. The molecule has 2 saturated heterocycles. The van der Waals surface area contributed by atoms with Gasteiger partial charge in [-0.15, -0.1) is 0 Å². The SMILES string of the molecule is Cc1ccc(C)c(NC(=O)C2CCN(S(=O)(=O)c3c(C)nn(CC(=O)N4CCCC4)c3C)CC2)c1. The van der Waals surface area contributed by atoms with Crippen LogP contribution in [0.1, 0.15) is 48.2 Å². The number of nitrogens with zero attached hydrogens (tertiary/aromatic N) is 4. The van der Waals surface area contributed by atoms with Crippen LogP contribution in [-0.2, 0) is 26.2 Å². The Morgan fingerprint density at radius 3 is 2.34 bits per heavy atom. The second kappa shape index (κ2) is 10.1. The van der Waals surface area contributed by atoms with Crippen LogP contribution < -0.4 is 5.32 Å². The largest absolute Gasteiger partial charge is 0.341 e. The van der Waals surface area contributed by atoms with Gasteiger partial charge in [-0.3, -0.25) is 14.3 Å². The normalized spacial score (nSPS) is 17.7. The Bertz CT molecular complexity index is 1220. The minimum absolute atomic E-state index is 0.0345. The van der Waals surface area contributed by atoms with Crippen LogP contribution in [0.5, 0.6) is 0 Å². The number of carbonyl (C=O) groups excluding carboxylic acids is 2. The predicted octanol–water partition coefficient (Wildman–Crippen LogP) is 2.78. The summed E-state index contributed by atoms with van der Waals surface area (Å²) in [6, 6.07) is 5.93. The van der Waals surface area contributed by atoms with E-state index in [2.05, 4.69) is 10.4 Å². The van der Waals surface area contributed by atoms with E-state index < -0.39 is 10.0 Å². The molecule has 35 heavy (non-hydrogen) atoms.